The molecule has 1 aromatic heterocycles. The molecule has 2 heterocycles. The number of benzene rings is 1. The minimum Gasteiger partial charge on any atom is -0.334 e. The molecule has 5 heteroatoms. The van der Waals surface area contributed by atoms with Crippen molar-refractivity contribution in [2.45, 2.75) is 51.1 Å². The van der Waals surface area contributed by atoms with Gasteiger partial charge in [-0.1, -0.05) is 43.3 Å². The van der Waals surface area contributed by atoms with Gasteiger partial charge in [0.25, 0.3) is 0 Å². The highest BCUT2D eigenvalue weighted by Crippen LogP contribution is 2.23. The van der Waals surface area contributed by atoms with Crippen LogP contribution in [0.25, 0.3) is 0 Å². The van der Waals surface area contributed by atoms with Gasteiger partial charge in [-0.25, -0.2) is 0 Å². The minimum atomic E-state index is 0. The number of aromatic nitrogens is 1. The molecule has 1 aromatic carbocycles. The van der Waals surface area contributed by atoms with E-state index in [0.29, 0.717) is 19.0 Å². The lowest BCUT2D eigenvalue weighted by Crippen LogP contribution is -2.41. The zero-order valence-corrected chi connectivity index (χ0v) is 16.8. The maximum atomic E-state index is 13.2. The molecule has 1 saturated heterocycles. The highest BCUT2D eigenvalue weighted by atomic mass is 35.5. The third-order valence-electron chi connectivity index (χ3n) is 5.21. The largest absolute Gasteiger partial charge is 0.334 e. The number of hydrogen-bond donors (Lipinski definition) is 1. The first kappa shape index (κ1) is 21.4. The Morgan fingerprint density at radius 1 is 1.15 bits per heavy atom. The van der Waals surface area contributed by atoms with Gasteiger partial charge >= 0.3 is 0 Å². The Balaban J connectivity index is 0.00000261. The third-order valence-corrected chi connectivity index (χ3v) is 5.21. The zero-order valence-electron chi connectivity index (χ0n) is 16.0. The predicted octanol–water partition coefficient (Wildman–Crippen LogP) is 4.17. The van der Waals surface area contributed by atoms with Gasteiger partial charge < -0.3 is 10.2 Å². The SMILES string of the molecule is CC(CC(=O)N(Cc1ccccn1)C1CCCNCC1)c1ccccc1.Cl. The minimum absolute atomic E-state index is 0. The Morgan fingerprint density at radius 2 is 1.93 bits per heavy atom. The van der Waals surface area contributed by atoms with Gasteiger partial charge in [0.05, 0.1) is 12.2 Å². The maximum absolute atomic E-state index is 13.2. The van der Waals surface area contributed by atoms with E-state index in [0.717, 1.165) is 38.0 Å². The number of rotatable bonds is 6. The Morgan fingerprint density at radius 3 is 2.67 bits per heavy atom. The molecule has 1 N–H and O–H groups in total. The van der Waals surface area contributed by atoms with E-state index in [-0.39, 0.29) is 24.2 Å². The second-order valence-corrected chi connectivity index (χ2v) is 7.19. The molecule has 2 atom stereocenters. The molecule has 2 unspecified atom stereocenters. The molecule has 0 radical (unpaired) electrons. The van der Waals surface area contributed by atoms with Crippen molar-refractivity contribution in [3.05, 3.63) is 66.0 Å². The number of carbonyl (C=O) groups excluding carboxylic acids is 1. The summed E-state index contributed by atoms with van der Waals surface area (Å²) in [6.45, 7) is 4.76. The lowest BCUT2D eigenvalue weighted by molar-refractivity contribution is -0.135. The molecule has 146 valence electrons. The Hall–Kier alpha value is -1.91. The van der Waals surface area contributed by atoms with Crippen molar-refractivity contribution >= 4 is 18.3 Å². The van der Waals surface area contributed by atoms with Crippen LogP contribution in [0.5, 0.6) is 0 Å². The molecule has 2 aromatic rings. The van der Waals surface area contributed by atoms with Crippen LogP contribution in [0.15, 0.2) is 54.7 Å². The lowest BCUT2D eigenvalue weighted by atomic mass is 9.96. The van der Waals surface area contributed by atoms with Crippen molar-refractivity contribution in [3.63, 3.8) is 0 Å². The van der Waals surface area contributed by atoms with Crippen LogP contribution in [0.3, 0.4) is 0 Å². The molecule has 0 spiro atoms. The van der Waals surface area contributed by atoms with Gasteiger partial charge in [0.15, 0.2) is 0 Å². The highest BCUT2D eigenvalue weighted by Gasteiger charge is 2.26. The smallest absolute Gasteiger partial charge is 0.223 e. The first-order chi connectivity index (χ1) is 12.7. The zero-order chi connectivity index (χ0) is 18.2. The van der Waals surface area contributed by atoms with Crippen LogP contribution in [-0.2, 0) is 11.3 Å². The van der Waals surface area contributed by atoms with E-state index in [1.165, 1.54) is 5.56 Å². The summed E-state index contributed by atoms with van der Waals surface area (Å²) in [4.78, 5) is 19.7. The topological polar surface area (TPSA) is 45.2 Å². The van der Waals surface area contributed by atoms with Crippen LogP contribution in [0.4, 0.5) is 0 Å². The van der Waals surface area contributed by atoms with Crippen molar-refractivity contribution in [1.29, 1.82) is 0 Å². The van der Waals surface area contributed by atoms with Crippen molar-refractivity contribution in [3.8, 4) is 0 Å². The van der Waals surface area contributed by atoms with Crippen molar-refractivity contribution in [1.82, 2.24) is 15.2 Å². The van der Waals surface area contributed by atoms with E-state index >= 15 is 0 Å². The summed E-state index contributed by atoms with van der Waals surface area (Å²) >= 11 is 0. The number of halogens is 1. The van der Waals surface area contributed by atoms with E-state index in [9.17, 15) is 4.79 Å². The van der Waals surface area contributed by atoms with Crippen LogP contribution in [0.1, 0.15) is 49.8 Å². The highest BCUT2D eigenvalue weighted by molar-refractivity contribution is 5.85. The normalized spacial score (nSPS) is 18.0. The van der Waals surface area contributed by atoms with Crippen LogP contribution in [-0.4, -0.2) is 34.9 Å². The van der Waals surface area contributed by atoms with Gasteiger partial charge in [0.1, 0.15) is 0 Å². The van der Waals surface area contributed by atoms with E-state index < -0.39 is 0 Å². The molecule has 1 fully saturated rings. The van der Waals surface area contributed by atoms with Gasteiger partial charge in [-0.05, 0) is 56.0 Å². The average Bonchev–Trinajstić information content (AvgIpc) is 2.97. The molecule has 1 amide bonds. The average molecular weight is 388 g/mol. The molecular formula is C22H30ClN3O. The third kappa shape index (κ3) is 6.33. The summed E-state index contributed by atoms with van der Waals surface area (Å²) in [5.74, 6) is 0.456. The summed E-state index contributed by atoms with van der Waals surface area (Å²) in [5, 5.41) is 3.45. The van der Waals surface area contributed by atoms with Crippen molar-refractivity contribution in [2.75, 3.05) is 13.1 Å². The number of nitrogens with zero attached hydrogens (tertiary/aromatic N) is 2. The lowest BCUT2D eigenvalue weighted by Gasteiger charge is -2.32. The van der Waals surface area contributed by atoms with Gasteiger partial charge in [0, 0.05) is 18.7 Å². The van der Waals surface area contributed by atoms with Gasteiger partial charge in [-0.15, -0.1) is 12.4 Å². The van der Waals surface area contributed by atoms with E-state index in [2.05, 4.69) is 34.3 Å². The number of pyridine rings is 1. The molecule has 1 aliphatic heterocycles. The summed E-state index contributed by atoms with van der Waals surface area (Å²) < 4.78 is 0. The first-order valence-corrected chi connectivity index (χ1v) is 9.69. The fourth-order valence-electron chi connectivity index (χ4n) is 3.68. The van der Waals surface area contributed by atoms with E-state index in [1.807, 2.05) is 36.4 Å². The van der Waals surface area contributed by atoms with Crippen LogP contribution in [0, 0.1) is 0 Å². The molecule has 1 aliphatic rings. The molecular weight excluding hydrogens is 358 g/mol. The van der Waals surface area contributed by atoms with Crippen molar-refractivity contribution in [2.24, 2.45) is 0 Å². The van der Waals surface area contributed by atoms with Crippen molar-refractivity contribution < 1.29 is 4.79 Å². The molecule has 3 rings (SSSR count). The van der Waals surface area contributed by atoms with Crippen LogP contribution < -0.4 is 5.32 Å². The molecule has 0 aliphatic carbocycles. The monoisotopic (exact) mass is 387 g/mol. The summed E-state index contributed by atoms with van der Waals surface area (Å²) in [5.41, 5.74) is 2.19. The second kappa shape index (κ2) is 11.1. The molecule has 4 nitrogen and oxygen atoms in total. The summed E-state index contributed by atoms with van der Waals surface area (Å²) in [7, 11) is 0. The molecule has 27 heavy (non-hydrogen) atoms. The predicted molar refractivity (Wildman–Crippen MR) is 112 cm³/mol. The summed E-state index contributed by atoms with van der Waals surface area (Å²) in [6, 6.07) is 16.5. The van der Waals surface area contributed by atoms with Gasteiger partial charge in [-0.2, -0.15) is 0 Å². The fourth-order valence-corrected chi connectivity index (χ4v) is 3.68. The van der Waals surface area contributed by atoms with E-state index in [1.54, 1.807) is 6.20 Å². The van der Waals surface area contributed by atoms with E-state index in [4.69, 9.17) is 0 Å². The Kier molecular flexibility index (Phi) is 8.76. The van der Waals surface area contributed by atoms with Gasteiger partial charge in [-0.3, -0.25) is 9.78 Å². The van der Waals surface area contributed by atoms with Gasteiger partial charge in [0.2, 0.25) is 5.91 Å². The quantitative estimate of drug-likeness (QED) is 0.809. The summed E-state index contributed by atoms with van der Waals surface area (Å²) in [6.07, 6.45) is 5.54. The first-order valence-electron chi connectivity index (χ1n) is 9.69. The second-order valence-electron chi connectivity index (χ2n) is 7.19. The number of carbonyl (C=O) groups is 1. The standard InChI is InChI=1S/C22H29N3O.ClH/c1-18(19-8-3-2-4-9-19)16-22(26)25(17-20-10-5-6-14-24-20)21-11-7-13-23-15-12-21;/h2-6,8-10,14,18,21,23H,7,11-13,15-17H2,1H3;1H. The maximum Gasteiger partial charge on any atom is 0.223 e. The number of nitrogens with one attached hydrogen (secondary N) is 1. The van der Waals surface area contributed by atoms with Crippen LogP contribution >= 0.6 is 12.4 Å². The molecule has 0 bridgehead atoms. The number of hydrogen-bond acceptors (Lipinski definition) is 3. The molecule has 0 saturated carbocycles. The number of amides is 1. The Labute approximate surface area is 168 Å². The van der Waals surface area contributed by atoms with Crippen LogP contribution in [0.2, 0.25) is 0 Å². The fraction of sp³-hybridized carbons (Fsp3) is 0.455. The Bertz CT molecular complexity index is 672.